The molecular weight excluding hydrogens is 438 g/mol. The van der Waals surface area contributed by atoms with Crippen LogP contribution in [0.2, 0.25) is 0 Å². The lowest BCUT2D eigenvalue weighted by atomic mass is 9.99. The third-order valence-electron chi connectivity index (χ3n) is 6.13. The van der Waals surface area contributed by atoms with Crippen molar-refractivity contribution in [2.75, 3.05) is 13.7 Å². The highest BCUT2D eigenvalue weighted by Gasteiger charge is 2.19. The highest BCUT2D eigenvalue weighted by atomic mass is 31.1. The van der Waals surface area contributed by atoms with Crippen LogP contribution in [0.1, 0.15) is 5.56 Å². The summed E-state index contributed by atoms with van der Waals surface area (Å²) in [6.07, 6.45) is 3.82. The van der Waals surface area contributed by atoms with E-state index in [0.717, 1.165) is 62.1 Å². The molecule has 0 aliphatic rings. The van der Waals surface area contributed by atoms with Crippen LogP contribution >= 0.6 is 7.95 Å². The van der Waals surface area contributed by atoms with E-state index in [-0.39, 0.29) is 0 Å². The van der Waals surface area contributed by atoms with Crippen LogP contribution < -0.4 is 5.32 Å². The topological polar surface area (TPSA) is 71.4 Å². The average Bonchev–Trinajstić information content (AvgIpc) is 3.46. The Bertz CT molecular complexity index is 1660. The summed E-state index contributed by atoms with van der Waals surface area (Å²) in [6.45, 7) is 2.75. The number of rotatable bonds is 5. The molecule has 8 heteroatoms. The van der Waals surface area contributed by atoms with Gasteiger partial charge in [-0.2, -0.15) is 5.10 Å². The van der Waals surface area contributed by atoms with Crippen LogP contribution in [-0.2, 0) is 6.54 Å². The van der Waals surface area contributed by atoms with Crippen LogP contribution in [0.5, 0.6) is 0 Å². The van der Waals surface area contributed by atoms with Gasteiger partial charge in [-0.25, -0.2) is 4.98 Å². The predicted molar refractivity (Wildman–Crippen MR) is 142 cm³/mol. The first-order valence-electron chi connectivity index (χ1n) is 11.1. The first-order chi connectivity index (χ1) is 16.6. The maximum Gasteiger partial charge on any atom is 0.159 e. The maximum atomic E-state index is 6.35. The number of fused-ring (bicyclic) bond motifs is 3. The number of aromatic amines is 1. The Labute approximate surface area is 199 Å². The predicted octanol–water partition coefficient (Wildman–Crippen LogP) is 5.47. The summed E-state index contributed by atoms with van der Waals surface area (Å²) >= 11 is 0. The van der Waals surface area contributed by atoms with Gasteiger partial charge in [-0.1, -0.05) is 42.5 Å². The lowest BCUT2D eigenvalue weighted by molar-refractivity contribution is 0.822. The Hall–Kier alpha value is -3.54. The highest BCUT2D eigenvalue weighted by Crippen LogP contribution is 2.39. The van der Waals surface area contributed by atoms with E-state index >= 15 is 0 Å². The summed E-state index contributed by atoms with van der Waals surface area (Å²) in [4.78, 5) is 12.9. The number of benzene rings is 3. The van der Waals surface area contributed by atoms with Gasteiger partial charge in [-0.05, 0) is 56.4 Å². The van der Waals surface area contributed by atoms with E-state index < -0.39 is 7.95 Å². The number of pyridine rings is 1. The highest BCUT2D eigenvalue weighted by molar-refractivity contribution is 7.80. The number of nitrogens with one attached hydrogen (secondary N) is 2. The number of imidazole rings is 1. The minimum Gasteiger partial charge on any atom is -0.337 e. The zero-order valence-electron chi connectivity index (χ0n) is 18.9. The molecule has 0 fully saturated rings. The molecule has 6 rings (SSSR count). The van der Waals surface area contributed by atoms with E-state index in [0.29, 0.717) is 0 Å². The molecule has 0 saturated carbocycles. The van der Waals surface area contributed by atoms with E-state index in [9.17, 15) is 0 Å². The van der Waals surface area contributed by atoms with Gasteiger partial charge in [0, 0.05) is 35.3 Å². The molecule has 1 unspecified atom stereocenters. The molecule has 0 amide bonds. The van der Waals surface area contributed by atoms with Gasteiger partial charge in [0.25, 0.3) is 0 Å². The number of H-pyrrole nitrogens is 1. The second-order valence-electron chi connectivity index (χ2n) is 8.38. The van der Waals surface area contributed by atoms with Crippen molar-refractivity contribution in [1.29, 1.82) is 0 Å². The van der Waals surface area contributed by atoms with Crippen molar-refractivity contribution in [2.24, 2.45) is 0 Å². The zero-order chi connectivity index (χ0) is 23.2. The molecule has 3 aromatic carbocycles. The van der Waals surface area contributed by atoms with E-state index in [1.807, 2.05) is 48.8 Å². The molecule has 3 heterocycles. The fourth-order valence-corrected chi connectivity index (χ4v) is 5.31. The number of hydrogen-bond donors (Lipinski definition) is 2. The molecule has 1 atom stereocenters. The Morgan fingerprint density at radius 1 is 1.03 bits per heavy atom. The molecular formula is C26H22BN6P. The molecule has 2 N–H and O–H groups in total. The molecule has 0 bridgehead atoms. The molecule has 6 aromatic rings. The van der Waals surface area contributed by atoms with Gasteiger partial charge in [0.1, 0.15) is 13.3 Å². The summed E-state index contributed by atoms with van der Waals surface area (Å²) in [6, 6.07) is 20.9. The van der Waals surface area contributed by atoms with Crippen LogP contribution in [0.15, 0.2) is 73.1 Å². The molecule has 6 nitrogen and oxygen atoms in total. The van der Waals surface area contributed by atoms with Crippen LogP contribution in [0.4, 0.5) is 0 Å². The minimum atomic E-state index is -0.951. The molecule has 0 aliphatic carbocycles. The van der Waals surface area contributed by atoms with Crippen molar-refractivity contribution in [3.8, 4) is 22.6 Å². The average molecular weight is 460 g/mol. The summed E-state index contributed by atoms with van der Waals surface area (Å²) in [5, 5.41) is 11.4. The lowest BCUT2D eigenvalue weighted by Crippen LogP contribution is -2.05. The van der Waals surface area contributed by atoms with Crippen molar-refractivity contribution in [2.45, 2.75) is 6.54 Å². The molecule has 0 spiro atoms. The number of hydrogen-bond acceptors (Lipinski definition) is 4. The number of nitrogens with zero attached hydrogens (tertiary/aromatic N) is 4. The van der Waals surface area contributed by atoms with Crippen LogP contribution in [0.25, 0.3) is 55.4 Å². The Kier molecular flexibility index (Phi) is 5.17. The van der Waals surface area contributed by atoms with Crippen LogP contribution in [0, 0.1) is 0 Å². The monoisotopic (exact) mass is 460 g/mol. The minimum absolute atomic E-state index is 0.743. The van der Waals surface area contributed by atoms with Crippen molar-refractivity contribution in [1.82, 2.24) is 29.8 Å². The van der Waals surface area contributed by atoms with Crippen molar-refractivity contribution in [3.63, 3.8) is 0 Å². The second-order valence-corrected chi connectivity index (χ2v) is 9.91. The molecule has 34 heavy (non-hydrogen) atoms. The summed E-state index contributed by atoms with van der Waals surface area (Å²) in [5.41, 5.74) is 7.07. The first kappa shape index (κ1) is 21.0. The molecule has 164 valence electrons. The van der Waals surface area contributed by atoms with E-state index in [1.165, 1.54) is 5.39 Å². The van der Waals surface area contributed by atoms with Gasteiger partial charge in [0.15, 0.2) is 5.82 Å². The Balaban J connectivity index is 1.59. The van der Waals surface area contributed by atoms with Crippen molar-refractivity contribution < 1.29 is 0 Å². The van der Waals surface area contributed by atoms with E-state index in [2.05, 4.69) is 57.7 Å². The summed E-state index contributed by atoms with van der Waals surface area (Å²) < 4.78 is 1.92. The van der Waals surface area contributed by atoms with Crippen molar-refractivity contribution >= 4 is 48.2 Å². The molecule has 3 aromatic heterocycles. The van der Waals surface area contributed by atoms with E-state index in [1.54, 1.807) is 0 Å². The number of para-hydroxylation sites is 1. The normalized spacial score (nSPS) is 12.6. The lowest BCUT2D eigenvalue weighted by Gasteiger charge is -2.09. The molecule has 0 aliphatic heterocycles. The van der Waals surface area contributed by atoms with Gasteiger partial charge in [-0.15, -0.1) is 0 Å². The largest absolute Gasteiger partial charge is 0.337 e. The third-order valence-corrected chi connectivity index (χ3v) is 7.03. The fourth-order valence-electron chi connectivity index (χ4n) is 4.57. The molecule has 0 saturated heterocycles. The van der Waals surface area contributed by atoms with Crippen LogP contribution in [0.3, 0.4) is 0 Å². The second kappa shape index (κ2) is 8.35. The zero-order valence-corrected chi connectivity index (χ0v) is 19.8. The smallest absolute Gasteiger partial charge is 0.159 e. The van der Waals surface area contributed by atoms with Gasteiger partial charge in [0.2, 0.25) is 0 Å². The first-order valence-corrected chi connectivity index (χ1v) is 12.9. The Morgan fingerprint density at radius 2 is 1.91 bits per heavy atom. The maximum absolute atomic E-state index is 6.35. The summed E-state index contributed by atoms with van der Waals surface area (Å²) in [7, 11) is 7.34. The van der Waals surface area contributed by atoms with Gasteiger partial charge in [0.05, 0.1) is 16.6 Å². The van der Waals surface area contributed by atoms with Crippen molar-refractivity contribution in [3.05, 3.63) is 78.6 Å². The van der Waals surface area contributed by atoms with Gasteiger partial charge < -0.3 is 10.3 Å². The number of aromatic nitrogens is 5. The van der Waals surface area contributed by atoms with E-state index in [4.69, 9.17) is 17.6 Å². The molecule has 2 radical (unpaired) electrons. The summed E-state index contributed by atoms with van der Waals surface area (Å²) in [5.74, 6) is 0.743. The Morgan fingerprint density at radius 3 is 2.76 bits per heavy atom. The standard InChI is InChI=1S/C26H22BN6P/c1-28-13-18-7-5-9-22-24(18)31-26(30-22)25-20-12-16(10-11-23(20)33(32-25)34(2)27)21-15-29-14-17-6-3-4-8-19(17)21/h3-12,14-15,28H,13H2,1-2H3,(H,30,31). The SMILES string of the molecule is [B]P(C)n1nc(-c2nc3c(CNC)cccc3[nH]2)c2cc(-c3cncc4ccccc34)ccc21. The van der Waals surface area contributed by atoms with Gasteiger partial charge in [-0.3, -0.25) is 9.44 Å². The van der Waals surface area contributed by atoms with Gasteiger partial charge >= 0.3 is 0 Å². The third kappa shape index (κ3) is 3.40. The fraction of sp³-hybridized carbons (Fsp3) is 0.115. The van der Waals surface area contributed by atoms with Crippen LogP contribution in [-0.4, -0.2) is 45.8 Å². The quantitative estimate of drug-likeness (QED) is 0.264.